The van der Waals surface area contributed by atoms with E-state index in [-0.39, 0.29) is 22.2 Å². The Balaban J connectivity index is 1.87. The molecule has 0 bridgehead atoms. The zero-order valence-electron chi connectivity index (χ0n) is 11.3. The zero-order chi connectivity index (χ0) is 14.6. The van der Waals surface area contributed by atoms with Gasteiger partial charge in [-0.1, -0.05) is 12.1 Å². The summed E-state index contributed by atoms with van der Waals surface area (Å²) in [4.78, 5) is 0.221. The van der Waals surface area contributed by atoms with Crippen LogP contribution >= 0.6 is 11.8 Å². The van der Waals surface area contributed by atoms with Crippen LogP contribution in [0.5, 0.6) is 0 Å². The van der Waals surface area contributed by atoms with Crippen molar-refractivity contribution in [1.82, 2.24) is 5.32 Å². The molecule has 0 spiro atoms. The number of hydrogen-bond acceptors (Lipinski definition) is 3. The van der Waals surface area contributed by atoms with Crippen molar-refractivity contribution in [2.24, 2.45) is 0 Å². The maximum Gasteiger partial charge on any atom is 0.446 e. The second kappa shape index (κ2) is 6.37. The van der Waals surface area contributed by atoms with Crippen molar-refractivity contribution in [3.05, 3.63) is 29.8 Å². The summed E-state index contributed by atoms with van der Waals surface area (Å²) < 4.78 is 42.0. The van der Waals surface area contributed by atoms with Crippen LogP contribution in [0.3, 0.4) is 0 Å². The highest BCUT2D eigenvalue weighted by Gasteiger charge is 2.29. The van der Waals surface area contributed by atoms with Crippen molar-refractivity contribution in [1.29, 1.82) is 0 Å². The maximum absolute atomic E-state index is 12.2. The van der Waals surface area contributed by atoms with E-state index in [0.29, 0.717) is 6.54 Å². The van der Waals surface area contributed by atoms with Crippen LogP contribution in [0.4, 0.5) is 13.2 Å². The molecule has 1 aliphatic rings. The fourth-order valence-electron chi connectivity index (χ4n) is 2.12. The van der Waals surface area contributed by atoms with E-state index in [2.05, 4.69) is 12.2 Å². The van der Waals surface area contributed by atoms with E-state index in [9.17, 15) is 13.2 Å². The molecule has 0 aliphatic carbocycles. The summed E-state index contributed by atoms with van der Waals surface area (Å²) in [7, 11) is 0. The summed E-state index contributed by atoms with van der Waals surface area (Å²) in [5, 5.41) is 3.47. The fourth-order valence-corrected chi connectivity index (χ4v) is 2.66. The van der Waals surface area contributed by atoms with Gasteiger partial charge in [-0.2, -0.15) is 13.2 Å². The average Bonchev–Trinajstić information content (AvgIpc) is 2.37. The lowest BCUT2D eigenvalue weighted by Crippen LogP contribution is -2.46. The van der Waals surface area contributed by atoms with Gasteiger partial charge in [0.05, 0.1) is 0 Å². The van der Waals surface area contributed by atoms with Gasteiger partial charge < -0.3 is 10.1 Å². The molecule has 1 saturated heterocycles. The number of benzene rings is 1. The number of rotatable bonds is 4. The predicted molar refractivity (Wildman–Crippen MR) is 73.7 cm³/mol. The topological polar surface area (TPSA) is 21.3 Å². The summed E-state index contributed by atoms with van der Waals surface area (Å²) in [6, 6.07) is 6.51. The molecule has 1 aliphatic heterocycles. The Labute approximate surface area is 121 Å². The van der Waals surface area contributed by atoms with Gasteiger partial charge in [-0.3, -0.25) is 0 Å². The normalized spacial score (nSPS) is 19.0. The highest BCUT2D eigenvalue weighted by Crippen LogP contribution is 2.36. The van der Waals surface area contributed by atoms with Gasteiger partial charge >= 0.3 is 5.51 Å². The molecule has 1 fully saturated rings. The summed E-state index contributed by atoms with van der Waals surface area (Å²) in [6.45, 7) is 4.33. The van der Waals surface area contributed by atoms with Gasteiger partial charge in [-0.05, 0) is 49.2 Å². The van der Waals surface area contributed by atoms with Gasteiger partial charge in [-0.15, -0.1) is 0 Å². The molecule has 1 aromatic carbocycles. The van der Waals surface area contributed by atoms with Gasteiger partial charge in [-0.25, -0.2) is 0 Å². The van der Waals surface area contributed by atoms with E-state index in [4.69, 9.17) is 4.74 Å². The minimum absolute atomic E-state index is 0.0532. The van der Waals surface area contributed by atoms with E-state index >= 15 is 0 Å². The summed E-state index contributed by atoms with van der Waals surface area (Å²) in [6.07, 6.45) is 1.91. The van der Waals surface area contributed by atoms with E-state index < -0.39 is 5.51 Å². The number of ether oxygens (including phenoxy) is 1. The van der Waals surface area contributed by atoms with Crippen LogP contribution in [-0.4, -0.2) is 24.3 Å². The minimum atomic E-state index is -4.23. The Bertz CT molecular complexity index is 427. The number of hydrogen-bond donors (Lipinski definition) is 1. The maximum atomic E-state index is 12.2. The van der Waals surface area contributed by atoms with Crippen LogP contribution in [0, 0.1) is 0 Å². The minimum Gasteiger partial charge on any atom is -0.381 e. The van der Waals surface area contributed by atoms with Crippen LogP contribution in [0.2, 0.25) is 0 Å². The summed E-state index contributed by atoms with van der Waals surface area (Å²) in [5.74, 6) is 0. The number of alkyl halides is 3. The molecule has 1 heterocycles. The van der Waals surface area contributed by atoms with E-state index in [1.165, 1.54) is 12.1 Å². The average molecular weight is 305 g/mol. The predicted octanol–water partition coefficient (Wildman–Crippen LogP) is 3.96. The zero-order valence-corrected chi connectivity index (χ0v) is 12.1. The largest absolute Gasteiger partial charge is 0.446 e. The molecule has 0 amide bonds. The lowest BCUT2D eigenvalue weighted by Gasteiger charge is -2.34. The Morgan fingerprint density at radius 2 is 1.80 bits per heavy atom. The van der Waals surface area contributed by atoms with Gasteiger partial charge in [0.15, 0.2) is 0 Å². The van der Waals surface area contributed by atoms with Crippen molar-refractivity contribution in [2.45, 2.75) is 42.3 Å². The van der Waals surface area contributed by atoms with Gasteiger partial charge in [0.2, 0.25) is 0 Å². The lowest BCUT2D eigenvalue weighted by atomic mass is 9.92. The monoisotopic (exact) mass is 305 g/mol. The van der Waals surface area contributed by atoms with Crippen LogP contribution in [0.15, 0.2) is 29.2 Å². The first kappa shape index (κ1) is 15.7. The third-order valence-corrected chi connectivity index (χ3v) is 4.21. The quantitative estimate of drug-likeness (QED) is 0.851. The Hall–Kier alpha value is -0.720. The van der Waals surface area contributed by atoms with Gasteiger partial charge in [0, 0.05) is 30.2 Å². The molecule has 6 heteroatoms. The second-order valence-corrected chi connectivity index (χ2v) is 6.36. The summed E-state index contributed by atoms with van der Waals surface area (Å²) >= 11 is -0.0821. The molecule has 20 heavy (non-hydrogen) atoms. The number of nitrogens with one attached hydrogen (secondary N) is 1. The van der Waals surface area contributed by atoms with Crippen molar-refractivity contribution in [3.8, 4) is 0 Å². The Morgan fingerprint density at radius 3 is 2.35 bits per heavy atom. The van der Waals surface area contributed by atoms with E-state index in [0.717, 1.165) is 31.6 Å². The molecular weight excluding hydrogens is 287 g/mol. The Kier molecular flexibility index (Phi) is 4.99. The highest BCUT2D eigenvalue weighted by atomic mass is 32.2. The van der Waals surface area contributed by atoms with Crippen LogP contribution < -0.4 is 5.32 Å². The molecule has 1 aromatic rings. The molecule has 2 rings (SSSR count). The second-order valence-electron chi connectivity index (χ2n) is 5.22. The lowest BCUT2D eigenvalue weighted by molar-refractivity contribution is -0.0328. The van der Waals surface area contributed by atoms with Crippen LogP contribution in [-0.2, 0) is 11.3 Å². The fraction of sp³-hybridized carbons (Fsp3) is 0.571. The third-order valence-electron chi connectivity index (χ3n) is 3.47. The van der Waals surface area contributed by atoms with E-state index in [1.807, 2.05) is 0 Å². The molecule has 0 atom stereocenters. The smallest absolute Gasteiger partial charge is 0.381 e. The van der Waals surface area contributed by atoms with Crippen molar-refractivity contribution in [3.63, 3.8) is 0 Å². The highest BCUT2D eigenvalue weighted by molar-refractivity contribution is 8.00. The molecule has 1 N–H and O–H groups in total. The standard InChI is InChI=1S/C14H18F3NOS/c1-13(6-8-19-9-7-13)18-10-11-2-4-12(5-3-11)20-14(15,16)17/h2-5,18H,6-10H2,1H3. The van der Waals surface area contributed by atoms with Crippen LogP contribution in [0.25, 0.3) is 0 Å². The molecular formula is C14H18F3NOS. The molecule has 2 nitrogen and oxygen atoms in total. The third kappa shape index (κ3) is 5.00. The van der Waals surface area contributed by atoms with E-state index in [1.54, 1.807) is 12.1 Å². The van der Waals surface area contributed by atoms with Crippen molar-refractivity contribution >= 4 is 11.8 Å². The first-order valence-corrected chi connectivity index (χ1v) is 7.35. The molecule has 112 valence electrons. The van der Waals surface area contributed by atoms with Gasteiger partial charge in [0.25, 0.3) is 0 Å². The molecule has 0 aromatic heterocycles. The molecule has 0 saturated carbocycles. The number of halogens is 3. The van der Waals surface area contributed by atoms with Crippen molar-refractivity contribution < 1.29 is 17.9 Å². The molecule has 0 radical (unpaired) electrons. The van der Waals surface area contributed by atoms with Gasteiger partial charge in [0.1, 0.15) is 0 Å². The number of thioether (sulfide) groups is 1. The van der Waals surface area contributed by atoms with Crippen LogP contribution in [0.1, 0.15) is 25.3 Å². The SMILES string of the molecule is CC1(NCc2ccc(SC(F)(F)F)cc2)CCOCC1. The van der Waals surface area contributed by atoms with Crippen molar-refractivity contribution in [2.75, 3.05) is 13.2 Å². The molecule has 0 unspecified atom stereocenters. The summed E-state index contributed by atoms with van der Waals surface area (Å²) in [5.41, 5.74) is -3.18. The first-order chi connectivity index (χ1) is 9.36. The first-order valence-electron chi connectivity index (χ1n) is 6.54. The Morgan fingerprint density at radius 1 is 1.20 bits per heavy atom.